The summed E-state index contributed by atoms with van der Waals surface area (Å²) in [6, 6.07) is 11.3. The molecule has 146 valence electrons. The first-order valence-electron chi connectivity index (χ1n) is 8.95. The fourth-order valence-corrected chi connectivity index (χ4v) is 3.79. The Kier molecular flexibility index (Phi) is 6.15. The molecule has 28 heavy (non-hydrogen) atoms. The lowest BCUT2D eigenvalue weighted by Gasteiger charge is -2.30. The van der Waals surface area contributed by atoms with Crippen molar-refractivity contribution in [1.29, 1.82) is 0 Å². The molecule has 4 nitrogen and oxygen atoms in total. The molecule has 0 unspecified atom stereocenters. The molecule has 0 bridgehead atoms. The van der Waals surface area contributed by atoms with Crippen LogP contribution in [-0.4, -0.2) is 25.5 Å². The summed E-state index contributed by atoms with van der Waals surface area (Å²) in [7, 11) is 1.58. The average Bonchev–Trinajstić information content (AvgIpc) is 2.67. The largest absolute Gasteiger partial charge is 0.497 e. The average molecular weight is 403 g/mol. The molecule has 0 spiro atoms. The highest BCUT2D eigenvalue weighted by molar-refractivity contribution is 6.31. The van der Waals surface area contributed by atoms with Gasteiger partial charge in [-0.2, -0.15) is 0 Å². The Hall–Kier alpha value is -2.66. The minimum Gasteiger partial charge on any atom is -0.497 e. The number of rotatable bonds is 5. The van der Waals surface area contributed by atoms with Crippen LogP contribution < -0.4 is 4.74 Å². The Morgan fingerprint density at radius 1 is 1.21 bits per heavy atom. The quantitative estimate of drug-likeness (QED) is 0.532. The van der Waals surface area contributed by atoms with Gasteiger partial charge in [0, 0.05) is 10.9 Å². The summed E-state index contributed by atoms with van der Waals surface area (Å²) in [4.78, 5) is 25.4. The molecule has 1 aliphatic rings. The van der Waals surface area contributed by atoms with Crippen LogP contribution in [0.25, 0.3) is 5.57 Å². The maximum absolute atomic E-state index is 13.5. The van der Waals surface area contributed by atoms with Gasteiger partial charge in [0.05, 0.1) is 13.7 Å². The van der Waals surface area contributed by atoms with Gasteiger partial charge in [-0.3, -0.25) is 9.59 Å². The standard InChI is InChI=1S/C22H20ClFO4/c1-3-28-22(26)21-18(17-9-6-15(24)12-19(17)23)10-14(11-20(21)25)13-4-7-16(27-2)8-5-13/h4-9,11-12,18,21H,3,10H2,1-2H3/t18-,21-/m1/s1. The molecule has 0 aliphatic heterocycles. The number of ketones is 1. The molecule has 0 saturated carbocycles. The Balaban J connectivity index is 2.03. The van der Waals surface area contributed by atoms with Crippen molar-refractivity contribution in [2.75, 3.05) is 13.7 Å². The van der Waals surface area contributed by atoms with E-state index in [0.717, 1.165) is 11.1 Å². The van der Waals surface area contributed by atoms with Crippen molar-refractivity contribution < 1.29 is 23.5 Å². The molecule has 0 amide bonds. The fourth-order valence-electron chi connectivity index (χ4n) is 3.48. The number of hydrogen-bond acceptors (Lipinski definition) is 4. The summed E-state index contributed by atoms with van der Waals surface area (Å²) in [5, 5.41) is 0.183. The topological polar surface area (TPSA) is 52.6 Å². The molecular formula is C22H20ClFO4. The zero-order chi connectivity index (χ0) is 20.3. The minimum absolute atomic E-state index is 0.168. The molecular weight excluding hydrogens is 383 g/mol. The number of methoxy groups -OCH3 is 1. The van der Waals surface area contributed by atoms with Crippen LogP contribution in [0.3, 0.4) is 0 Å². The number of allylic oxidation sites excluding steroid dienone is 2. The smallest absolute Gasteiger partial charge is 0.317 e. The maximum Gasteiger partial charge on any atom is 0.317 e. The molecule has 0 radical (unpaired) electrons. The van der Waals surface area contributed by atoms with E-state index < -0.39 is 23.6 Å². The second-order valence-corrected chi connectivity index (χ2v) is 6.91. The monoisotopic (exact) mass is 402 g/mol. The van der Waals surface area contributed by atoms with Crippen molar-refractivity contribution in [3.8, 4) is 5.75 Å². The van der Waals surface area contributed by atoms with Crippen LogP contribution in [0.2, 0.25) is 5.02 Å². The van der Waals surface area contributed by atoms with Gasteiger partial charge < -0.3 is 9.47 Å². The predicted molar refractivity (Wildman–Crippen MR) is 105 cm³/mol. The van der Waals surface area contributed by atoms with Gasteiger partial charge in [0.25, 0.3) is 0 Å². The lowest BCUT2D eigenvalue weighted by Crippen LogP contribution is -2.34. The molecule has 2 atom stereocenters. The molecule has 1 aliphatic carbocycles. The molecule has 0 fully saturated rings. The lowest BCUT2D eigenvalue weighted by molar-refractivity contribution is -0.151. The molecule has 2 aromatic carbocycles. The summed E-state index contributed by atoms with van der Waals surface area (Å²) in [5.74, 6) is -2.26. The van der Waals surface area contributed by atoms with Crippen LogP contribution in [0, 0.1) is 11.7 Å². The Morgan fingerprint density at radius 3 is 2.54 bits per heavy atom. The van der Waals surface area contributed by atoms with Gasteiger partial charge in [-0.15, -0.1) is 0 Å². The van der Waals surface area contributed by atoms with E-state index in [1.807, 2.05) is 12.1 Å². The molecule has 0 aromatic heterocycles. The number of carbonyl (C=O) groups is 2. The van der Waals surface area contributed by atoms with E-state index in [4.69, 9.17) is 21.1 Å². The van der Waals surface area contributed by atoms with E-state index in [1.54, 1.807) is 26.2 Å². The van der Waals surface area contributed by atoms with E-state index >= 15 is 0 Å². The van der Waals surface area contributed by atoms with Gasteiger partial charge in [-0.25, -0.2) is 4.39 Å². The third-order valence-electron chi connectivity index (χ3n) is 4.83. The van der Waals surface area contributed by atoms with E-state index in [9.17, 15) is 14.0 Å². The molecule has 0 saturated heterocycles. The number of hydrogen-bond donors (Lipinski definition) is 0. The first-order chi connectivity index (χ1) is 13.4. The van der Waals surface area contributed by atoms with Crippen molar-refractivity contribution in [2.24, 2.45) is 5.92 Å². The van der Waals surface area contributed by atoms with Crippen LogP contribution in [0.1, 0.15) is 30.4 Å². The normalized spacial score (nSPS) is 19.1. The van der Waals surface area contributed by atoms with Gasteiger partial charge in [0.15, 0.2) is 5.78 Å². The molecule has 6 heteroatoms. The Labute approximate surface area is 167 Å². The third kappa shape index (κ3) is 4.09. The molecule has 0 N–H and O–H groups in total. The molecule has 3 rings (SSSR count). The van der Waals surface area contributed by atoms with Crippen LogP contribution in [0.5, 0.6) is 5.75 Å². The number of halogens is 2. The highest BCUT2D eigenvalue weighted by Gasteiger charge is 2.40. The number of benzene rings is 2. The second kappa shape index (κ2) is 8.57. The number of ether oxygens (including phenoxy) is 2. The van der Waals surface area contributed by atoms with Gasteiger partial charge >= 0.3 is 5.97 Å². The minimum atomic E-state index is -1.01. The van der Waals surface area contributed by atoms with E-state index in [2.05, 4.69) is 0 Å². The van der Waals surface area contributed by atoms with Crippen molar-refractivity contribution in [1.82, 2.24) is 0 Å². The van der Waals surface area contributed by atoms with Gasteiger partial charge in [-0.1, -0.05) is 29.8 Å². The molecule has 2 aromatic rings. The fraction of sp³-hybridized carbons (Fsp3) is 0.273. The highest BCUT2D eigenvalue weighted by atomic mass is 35.5. The van der Waals surface area contributed by atoms with E-state index in [1.165, 1.54) is 24.3 Å². The van der Waals surface area contributed by atoms with Gasteiger partial charge in [-0.05, 0) is 60.4 Å². The van der Waals surface area contributed by atoms with Gasteiger partial charge in [0.2, 0.25) is 0 Å². The molecule has 0 heterocycles. The maximum atomic E-state index is 13.5. The summed E-state index contributed by atoms with van der Waals surface area (Å²) < 4.78 is 23.8. The summed E-state index contributed by atoms with van der Waals surface area (Å²) in [5.41, 5.74) is 2.17. The van der Waals surface area contributed by atoms with Crippen molar-refractivity contribution in [3.05, 3.63) is 70.5 Å². The Bertz CT molecular complexity index is 921. The summed E-state index contributed by atoms with van der Waals surface area (Å²) in [6.07, 6.45) is 1.88. The Morgan fingerprint density at radius 2 is 1.93 bits per heavy atom. The van der Waals surface area contributed by atoms with Crippen LogP contribution in [0.4, 0.5) is 4.39 Å². The number of esters is 1. The summed E-state index contributed by atoms with van der Waals surface area (Å²) in [6.45, 7) is 1.85. The second-order valence-electron chi connectivity index (χ2n) is 6.51. The van der Waals surface area contributed by atoms with E-state index in [0.29, 0.717) is 17.7 Å². The zero-order valence-electron chi connectivity index (χ0n) is 15.6. The highest BCUT2D eigenvalue weighted by Crippen LogP contribution is 2.42. The van der Waals surface area contributed by atoms with Crippen molar-refractivity contribution >= 4 is 28.9 Å². The summed E-state index contributed by atoms with van der Waals surface area (Å²) >= 11 is 6.25. The van der Waals surface area contributed by atoms with Crippen LogP contribution in [0.15, 0.2) is 48.5 Å². The van der Waals surface area contributed by atoms with E-state index in [-0.39, 0.29) is 17.4 Å². The number of carbonyl (C=O) groups excluding carboxylic acids is 2. The van der Waals surface area contributed by atoms with Crippen molar-refractivity contribution in [2.45, 2.75) is 19.3 Å². The van der Waals surface area contributed by atoms with Crippen LogP contribution in [-0.2, 0) is 14.3 Å². The zero-order valence-corrected chi connectivity index (χ0v) is 16.3. The SMILES string of the molecule is CCOC(=O)[C@H]1C(=O)C=C(c2ccc(OC)cc2)C[C@@H]1c1ccc(F)cc1Cl. The first kappa shape index (κ1) is 20.1. The van der Waals surface area contributed by atoms with Crippen molar-refractivity contribution in [3.63, 3.8) is 0 Å². The predicted octanol–water partition coefficient (Wildman–Crippen LogP) is 4.81. The third-order valence-corrected chi connectivity index (χ3v) is 5.16. The van der Waals surface area contributed by atoms with Crippen LogP contribution >= 0.6 is 11.6 Å². The first-order valence-corrected chi connectivity index (χ1v) is 9.32. The lowest BCUT2D eigenvalue weighted by atomic mass is 9.73. The van der Waals surface area contributed by atoms with Gasteiger partial charge in [0.1, 0.15) is 17.5 Å².